The molecule has 6 rings (SSSR count). The second kappa shape index (κ2) is 26.9. The number of hydrogen-bond acceptors (Lipinski definition) is 9. The van der Waals surface area contributed by atoms with Crippen LogP contribution < -0.4 is 44.4 Å². The van der Waals surface area contributed by atoms with Crippen molar-refractivity contribution in [3.05, 3.63) is 69.8 Å². The maximum Gasteiger partial charge on any atom is 0.161 e. The lowest BCUT2D eigenvalue weighted by atomic mass is 9.78. The highest BCUT2D eigenvalue weighted by Crippen LogP contribution is 2.46. The lowest BCUT2D eigenvalue weighted by molar-refractivity contribution is 0.287. The molecule has 3 aromatic rings. The van der Waals surface area contributed by atoms with Crippen molar-refractivity contribution in [3.63, 3.8) is 0 Å². The molecule has 0 bridgehead atoms. The Morgan fingerprint density at radius 2 is 0.635 bits per heavy atom. The van der Waals surface area contributed by atoms with E-state index in [9.17, 15) is 0 Å². The van der Waals surface area contributed by atoms with Gasteiger partial charge in [0, 0.05) is 36.3 Å². The first-order valence-corrected chi connectivity index (χ1v) is 21.5. The van der Waals surface area contributed by atoms with Gasteiger partial charge in [-0.1, -0.05) is 40.0 Å². The molecule has 3 heterocycles. The van der Waals surface area contributed by atoms with Gasteiger partial charge in [-0.05, 0) is 146 Å². The minimum absolute atomic E-state index is 0. The minimum Gasteiger partial charge on any atom is -0.493 e. The zero-order chi connectivity index (χ0) is 41.0. The molecular formula is C48H80Cl3N3O9. The lowest BCUT2D eigenvalue weighted by Gasteiger charge is -2.38. The Balaban J connectivity index is 0.00000641. The minimum atomic E-state index is 0. The van der Waals surface area contributed by atoms with Crippen LogP contribution in [-0.2, 0) is 0 Å². The van der Waals surface area contributed by atoms with Gasteiger partial charge in [0.05, 0.1) is 42.7 Å². The summed E-state index contributed by atoms with van der Waals surface area (Å²) in [5, 5.41) is 12.0. The molecule has 0 spiro atoms. The summed E-state index contributed by atoms with van der Waals surface area (Å²) in [6.45, 7) is 13.9. The molecule has 362 valence electrons. The number of rotatable bonds is 17. The molecule has 63 heavy (non-hydrogen) atoms. The number of methoxy groups -OCH3 is 6. The normalized spacial score (nSPS) is 24.5. The van der Waals surface area contributed by atoms with Gasteiger partial charge >= 0.3 is 0 Å². The van der Waals surface area contributed by atoms with Crippen LogP contribution in [0.15, 0.2) is 36.4 Å². The zero-order valence-electron chi connectivity index (χ0n) is 39.6. The Morgan fingerprint density at radius 1 is 0.381 bits per heavy atom. The van der Waals surface area contributed by atoms with E-state index < -0.39 is 0 Å². The van der Waals surface area contributed by atoms with Crippen molar-refractivity contribution in [2.75, 3.05) is 42.7 Å². The van der Waals surface area contributed by atoms with Crippen LogP contribution in [0.5, 0.6) is 34.5 Å². The Labute approximate surface area is 396 Å². The predicted molar refractivity (Wildman–Crippen MR) is 263 cm³/mol. The number of nitrogens with one attached hydrogen (secondary N) is 3. The molecule has 9 unspecified atom stereocenters. The van der Waals surface area contributed by atoms with Crippen molar-refractivity contribution < 1.29 is 44.8 Å². The molecule has 3 aliphatic heterocycles. The van der Waals surface area contributed by atoms with Crippen molar-refractivity contribution in [2.24, 2.45) is 5.92 Å². The molecule has 9 atom stereocenters. The Morgan fingerprint density at radius 3 is 0.905 bits per heavy atom. The molecule has 15 heteroatoms. The first-order valence-electron chi connectivity index (χ1n) is 21.5. The third-order valence-corrected chi connectivity index (χ3v) is 14.1. The van der Waals surface area contributed by atoms with Crippen molar-refractivity contribution in [3.8, 4) is 34.5 Å². The molecule has 3 aromatic carbocycles. The molecule has 0 saturated heterocycles. The lowest BCUT2D eigenvalue weighted by Crippen LogP contribution is -2.40. The number of unbranched alkanes of at least 4 members (excludes halogenated alkanes) is 1. The molecule has 9 N–H and O–H groups in total. The molecule has 3 aliphatic rings. The fourth-order valence-electron chi connectivity index (χ4n) is 10.0. The van der Waals surface area contributed by atoms with Gasteiger partial charge in [-0.2, -0.15) is 0 Å². The number of fused-ring (bicyclic) bond motifs is 3. The summed E-state index contributed by atoms with van der Waals surface area (Å²) in [6.07, 6.45) is 9.10. The highest BCUT2D eigenvalue weighted by atomic mass is 35.5. The second-order valence-corrected chi connectivity index (χ2v) is 17.2. The number of ether oxygens (including phenoxy) is 6. The van der Waals surface area contributed by atoms with Gasteiger partial charge in [0.1, 0.15) is 0 Å². The summed E-state index contributed by atoms with van der Waals surface area (Å²) in [7, 11) is 10.4. The maximum atomic E-state index is 5.80. The van der Waals surface area contributed by atoms with Crippen molar-refractivity contribution in [1.82, 2.24) is 16.0 Å². The van der Waals surface area contributed by atoms with Crippen LogP contribution >= 0.6 is 37.2 Å². The molecule has 0 amide bonds. The Kier molecular flexibility index (Phi) is 25.7. The number of hydrogen-bond donors (Lipinski definition) is 3. The van der Waals surface area contributed by atoms with Gasteiger partial charge < -0.3 is 60.8 Å². The monoisotopic (exact) mass is 947 g/mol. The average Bonchev–Trinajstić information content (AvgIpc) is 3.23. The number of halogens is 3. The van der Waals surface area contributed by atoms with Crippen LogP contribution in [0.3, 0.4) is 0 Å². The van der Waals surface area contributed by atoms with Crippen molar-refractivity contribution in [2.45, 2.75) is 147 Å². The summed E-state index contributed by atoms with van der Waals surface area (Å²) < 4.78 is 34.5. The van der Waals surface area contributed by atoms with Gasteiger partial charge in [-0.25, -0.2) is 0 Å². The molecule has 0 saturated carbocycles. The predicted octanol–water partition coefficient (Wildman–Crippen LogP) is 9.08. The van der Waals surface area contributed by atoms with Crippen molar-refractivity contribution >= 4 is 37.2 Å². The second-order valence-electron chi connectivity index (χ2n) is 17.2. The highest BCUT2D eigenvalue weighted by molar-refractivity contribution is 5.86. The van der Waals surface area contributed by atoms with Crippen LogP contribution in [0.2, 0.25) is 0 Å². The molecule has 0 aliphatic carbocycles. The fraction of sp³-hybridized carbons (Fsp3) is 0.625. The van der Waals surface area contributed by atoms with Crippen molar-refractivity contribution in [1.29, 1.82) is 0 Å². The van der Waals surface area contributed by atoms with Crippen LogP contribution in [0, 0.1) is 5.92 Å². The topological polar surface area (TPSA) is 186 Å². The SMILES string of the molecule is COc1cc2c(cc1OC)C(C)C(C)NC2CCCCC(CCC1NC(C)C(C)c2cc(OC)c(OC)cc21)CCC1NC(C)C(C)c2cc(OC)c(OC)cc21.Cl.Cl.Cl.O.O.O. The fourth-order valence-corrected chi connectivity index (χ4v) is 10.0. The Hall–Kier alpha value is -2.91. The Bertz CT molecular complexity index is 1760. The zero-order valence-corrected chi connectivity index (χ0v) is 42.0. The summed E-state index contributed by atoms with van der Waals surface area (Å²) in [5.41, 5.74) is 8.16. The van der Waals surface area contributed by atoms with Crippen LogP contribution in [-0.4, -0.2) is 77.2 Å². The molecule has 0 aromatic heterocycles. The van der Waals surface area contributed by atoms with E-state index in [1.807, 2.05) is 0 Å². The van der Waals surface area contributed by atoms with Crippen LogP contribution in [0.1, 0.15) is 162 Å². The average molecular weight is 950 g/mol. The molecule has 12 nitrogen and oxygen atoms in total. The third-order valence-electron chi connectivity index (χ3n) is 14.1. The summed E-state index contributed by atoms with van der Waals surface area (Å²) in [4.78, 5) is 0. The van der Waals surface area contributed by atoms with E-state index >= 15 is 0 Å². The largest absolute Gasteiger partial charge is 0.493 e. The maximum absolute atomic E-state index is 5.80. The smallest absolute Gasteiger partial charge is 0.161 e. The van der Waals surface area contributed by atoms with Gasteiger partial charge in [0.25, 0.3) is 0 Å². The first-order chi connectivity index (χ1) is 27.5. The van der Waals surface area contributed by atoms with E-state index in [1.54, 1.807) is 42.7 Å². The van der Waals surface area contributed by atoms with E-state index in [0.29, 0.717) is 47.8 Å². The first kappa shape index (κ1) is 60.1. The quantitative estimate of drug-likeness (QED) is 0.111. The van der Waals surface area contributed by atoms with Gasteiger partial charge in [-0.15, -0.1) is 37.2 Å². The van der Waals surface area contributed by atoms with E-state index in [-0.39, 0.29) is 65.7 Å². The molecular weight excluding hydrogens is 869 g/mol. The van der Waals surface area contributed by atoms with E-state index in [4.69, 9.17) is 28.4 Å². The standard InChI is InChI=1S/C48H71N3O6.3ClH.3H2O/c1-27-30(4)49-40(37-24-46(55-10)43(52-7)21-34(27)37)16-14-13-15-33(17-19-41-38-25-47(56-11)44(53-8)22-35(38)28(2)31(5)50-41)18-20-42-39-26-48(57-12)45(54-9)23-36(39)29(3)32(6)51-42;;;;;;/h21-33,40-42,49-51H,13-20H2,1-12H3;3*1H;3*1H2. The highest BCUT2D eigenvalue weighted by Gasteiger charge is 2.35. The van der Waals surface area contributed by atoms with Crippen LogP contribution in [0.4, 0.5) is 0 Å². The number of benzene rings is 3. The van der Waals surface area contributed by atoms with E-state index in [1.165, 1.54) is 46.2 Å². The molecule has 0 radical (unpaired) electrons. The third kappa shape index (κ3) is 12.9. The van der Waals surface area contributed by atoms with Gasteiger partial charge in [-0.3, -0.25) is 0 Å². The summed E-state index contributed by atoms with van der Waals surface area (Å²) >= 11 is 0. The molecule has 0 fully saturated rings. The van der Waals surface area contributed by atoms with E-state index in [0.717, 1.165) is 73.0 Å². The summed E-state index contributed by atoms with van der Waals surface area (Å²) in [5.74, 6) is 6.59. The van der Waals surface area contributed by atoms with Gasteiger partial charge in [0.15, 0.2) is 34.5 Å². The summed E-state index contributed by atoms with van der Waals surface area (Å²) in [6, 6.07) is 15.2. The van der Waals surface area contributed by atoms with E-state index in [2.05, 4.69) is 93.9 Å². The van der Waals surface area contributed by atoms with Crippen LogP contribution in [0.25, 0.3) is 0 Å². The van der Waals surface area contributed by atoms with Gasteiger partial charge in [0.2, 0.25) is 0 Å².